The third-order valence-corrected chi connectivity index (χ3v) is 4.61. The minimum atomic E-state index is -0.0226. The quantitative estimate of drug-likeness (QED) is 0.920. The Kier molecular flexibility index (Phi) is 4.39. The van der Waals surface area contributed by atoms with Crippen LogP contribution in [0.1, 0.15) is 37.7 Å². The molecule has 0 amide bonds. The van der Waals surface area contributed by atoms with Gasteiger partial charge in [-0.3, -0.25) is 4.90 Å². The summed E-state index contributed by atoms with van der Waals surface area (Å²) in [6.45, 7) is 2.95. The summed E-state index contributed by atoms with van der Waals surface area (Å²) in [5.41, 5.74) is 1.34. The average Bonchev–Trinajstić information content (AvgIpc) is 2.48. The van der Waals surface area contributed by atoms with Crippen LogP contribution in [-0.4, -0.2) is 41.4 Å². The summed E-state index contributed by atoms with van der Waals surface area (Å²) in [5.74, 6) is 0. The fourth-order valence-electron chi connectivity index (χ4n) is 3.72. The second-order valence-corrected chi connectivity index (χ2v) is 6.32. The van der Waals surface area contributed by atoms with Gasteiger partial charge in [-0.15, -0.1) is 0 Å². The molecule has 1 N–H and O–H groups in total. The lowest BCUT2D eigenvalue weighted by Crippen LogP contribution is -2.56. The van der Waals surface area contributed by atoms with Crippen LogP contribution >= 0.6 is 0 Å². The van der Waals surface area contributed by atoms with E-state index in [1.807, 2.05) is 0 Å². The molecule has 1 aromatic carbocycles. The van der Waals surface area contributed by atoms with Crippen LogP contribution in [0.2, 0.25) is 0 Å². The highest BCUT2D eigenvalue weighted by Gasteiger charge is 2.41. The Morgan fingerprint density at radius 3 is 2.60 bits per heavy atom. The van der Waals surface area contributed by atoms with Gasteiger partial charge in [-0.1, -0.05) is 49.6 Å². The van der Waals surface area contributed by atoms with Gasteiger partial charge in [-0.2, -0.15) is 0 Å². The van der Waals surface area contributed by atoms with Crippen molar-refractivity contribution in [3.8, 4) is 0 Å². The Morgan fingerprint density at radius 1 is 1.15 bits per heavy atom. The zero-order valence-electron chi connectivity index (χ0n) is 12.1. The second-order valence-electron chi connectivity index (χ2n) is 6.32. The number of nitrogens with zero attached hydrogens (tertiary/aromatic N) is 1. The number of hydrogen-bond donors (Lipinski definition) is 1. The first kappa shape index (κ1) is 14.1. The molecule has 1 saturated heterocycles. The van der Waals surface area contributed by atoms with Crippen LogP contribution in [0.3, 0.4) is 0 Å². The average molecular weight is 275 g/mol. The molecule has 0 unspecified atom stereocenters. The molecule has 0 aromatic heterocycles. The zero-order chi connectivity index (χ0) is 13.8. The van der Waals surface area contributed by atoms with Gasteiger partial charge in [0.05, 0.1) is 18.3 Å². The molecule has 0 bridgehead atoms. The summed E-state index contributed by atoms with van der Waals surface area (Å²) in [4.78, 5) is 2.46. The summed E-state index contributed by atoms with van der Waals surface area (Å²) in [5, 5.41) is 9.54. The molecular weight excluding hydrogens is 250 g/mol. The van der Waals surface area contributed by atoms with Crippen molar-refractivity contribution in [2.75, 3.05) is 19.7 Å². The summed E-state index contributed by atoms with van der Waals surface area (Å²) in [7, 11) is 0. The molecule has 20 heavy (non-hydrogen) atoms. The summed E-state index contributed by atoms with van der Waals surface area (Å²) < 4.78 is 6.24. The van der Waals surface area contributed by atoms with Gasteiger partial charge in [0, 0.05) is 19.6 Å². The molecule has 110 valence electrons. The van der Waals surface area contributed by atoms with Gasteiger partial charge in [0.25, 0.3) is 0 Å². The molecule has 3 heteroatoms. The van der Waals surface area contributed by atoms with E-state index >= 15 is 0 Å². The summed E-state index contributed by atoms with van der Waals surface area (Å²) in [6, 6.07) is 10.6. The molecule has 3 rings (SSSR count). The molecule has 1 heterocycles. The molecular formula is C17H25NO2. The lowest BCUT2D eigenvalue weighted by Gasteiger charge is -2.48. The minimum absolute atomic E-state index is 0.00131. The third kappa shape index (κ3) is 3.22. The number of aliphatic hydroxyl groups excluding tert-OH is 1. The maximum Gasteiger partial charge on any atom is 0.0940 e. The van der Waals surface area contributed by atoms with Crippen LogP contribution in [0.15, 0.2) is 30.3 Å². The third-order valence-electron chi connectivity index (χ3n) is 4.61. The molecule has 3 nitrogen and oxygen atoms in total. The van der Waals surface area contributed by atoms with E-state index in [-0.39, 0.29) is 18.3 Å². The molecule has 1 aliphatic heterocycles. The van der Waals surface area contributed by atoms with Gasteiger partial charge in [-0.25, -0.2) is 0 Å². The zero-order valence-corrected chi connectivity index (χ0v) is 12.1. The lowest BCUT2D eigenvalue weighted by molar-refractivity contribution is -0.181. The first-order chi connectivity index (χ1) is 9.80. The predicted octanol–water partition coefficient (Wildman–Crippen LogP) is 2.58. The van der Waals surface area contributed by atoms with Gasteiger partial charge in [0.2, 0.25) is 0 Å². The van der Waals surface area contributed by atoms with E-state index in [1.165, 1.54) is 24.8 Å². The van der Waals surface area contributed by atoms with E-state index in [0.29, 0.717) is 0 Å². The van der Waals surface area contributed by atoms with Gasteiger partial charge in [0.15, 0.2) is 0 Å². The Bertz CT molecular complexity index is 414. The van der Waals surface area contributed by atoms with Crippen molar-refractivity contribution >= 4 is 0 Å². The number of morpholine rings is 1. The largest absolute Gasteiger partial charge is 0.394 e. The van der Waals surface area contributed by atoms with Crippen molar-refractivity contribution in [3.63, 3.8) is 0 Å². The van der Waals surface area contributed by atoms with E-state index in [1.54, 1.807) is 0 Å². The molecule has 1 saturated carbocycles. The van der Waals surface area contributed by atoms with Crippen molar-refractivity contribution in [2.24, 2.45) is 0 Å². The molecule has 2 aliphatic rings. The van der Waals surface area contributed by atoms with Gasteiger partial charge in [0.1, 0.15) is 0 Å². The number of rotatable bonds is 3. The molecule has 1 spiro atoms. The maximum atomic E-state index is 9.54. The van der Waals surface area contributed by atoms with Gasteiger partial charge < -0.3 is 9.84 Å². The van der Waals surface area contributed by atoms with Crippen molar-refractivity contribution in [1.82, 2.24) is 4.90 Å². The number of aliphatic hydroxyl groups is 1. The van der Waals surface area contributed by atoms with E-state index < -0.39 is 0 Å². The topological polar surface area (TPSA) is 32.7 Å². The highest BCUT2D eigenvalue weighted by atomic mass is 16.5. The van der Waals surface area contributed by atoms with Crippen LogP contribution in [0.4, 0.5) is 0 Å². The predicted molar refractivity (Wildman–Crippen MR) is 79.5 cm³/mol. The minimum Gasteiger partial charge on any atom is -0.394 e. The van der Waals surface area contributed by atoms with Gasteiger partial charge >= 0.3 is 0 Å². The molecule has 0 radical (unpaired) electrons. The Labute approximate surface area is 121 Å². The van der Waals surface area contributed by atoms with E-state index in [0.717, 1.165) is 32.5 Å². The molecule has 2 fully saturated rings. The van der Waals surface area contributed by atoms with Crippen LogP contribution < -0.4 is 0 Å². The van der Waals surface area contributed by atoms with E-state index in [9.17, 15) is 5.11 Å². The van der Waals surface area contributed by atoms with Crippen LogP contribution in [0.25, 0.3) is 0 Å². The maximum absolute atomic E-state index is 9.54. The molecule has 1 aromatic rings. The van der Waals surface area contributed by atoms with E-state index in [2.05, 4.69) is 35.2 Å². The highest BCUT2D eigenvalue weighted by molar-refractivity contribution is 5.14. The van der Waals surface area contributed by atoms with Crippen LogP contribution in [0.5, 0.6) is 0 Å². The smallest absolute Gasteiger partial charge is 0.0940 e. The summed E-state index contributed by atoms with van der Waals surface area (Å²) >= 11 is 0. The lowest BCUT2D eigenvalue weighted by atomic mass is 9.83. The Hall–Kier alpha value is -0.900. The molecule has 1 aliphatic carbocycles. The van der Waals surface area contributed by atoms with Crippen molar-refractivity contribution in [1.29, 1.82) is 0 Å². The first-order valence-electron chi connectivity index (χ1n) is 7.85. The Morgan fingerprint density at radius 2 is 1.90 bits per heavy atom. The number of ether oxygens (including phenoxy) is 1. The SMILES string of the molecule is OC[C@@H]1CN(Cc2ccccc2)CC2(CCCCC2)O1. The normalized spacial score (nSPS) is 26.8. The highest BCUT2D eigenvalue weighted by Crippen LogP contribution is 2.36. The number of hydrogen-bond acceptors (Lipinski definition) is 3. The van der Waals surface area contributed by atoms with Gasteiger partial charge in [-0.05, 0) is 18.4 Å². The van der Waals surface area contributed by atoms with Crippen LogP contribution in [-0.2, 0) is 11.3 Å². The van der Waals surface area contributed by atoms with E-state index in [4.69, 9.17) is 4.74 Å². The van der Waals surface area contributed by atoms with Crippen molar-refractivity contribution < 1.29 is 9.84 Å². The first-order valence-corrected chi connectivity index (χ1v) is 7.85. The van der Waals surface area contributed by atoms with Crippen molar-refractivity contribution in [2.45, 2.75) is 50.4 Å². The number of benzene rings is 1. The second kappa shape index (κ2) is 6.25. The summed E-state index contributed by atoms with van der Waals surface area (Å²) in [6.07, 6.45) is 6.12. The fourth-order valence-corrected chi connectivity index (χ4v) is 3.72. The molecule has 1 atom stereocenters. The monoisotopic (exact) mass is 275 g/mol. The standard InChI is InChI=1S/C17H25NO2/c19-13-16-12-18(11-15-7-3-1-4-8-15)14-17(20-16)9-5-2-6-10-17/h1,3-4,7-8,16,19H,2,5-6,9-14H2/t16-/m0/s1. The Balaban J connectivity index is 1.70. The van der Waals surface area contributed by atoms with Crippen molar-refractivity contribution in [3.05, 3.63) is 35.9 Å². The van der Waals surface area contributed by atoms with Crippen LogP contribution in [0, 0.1) is 0 Å². The fraction of sp³-hybridized carbons (Fsp3) is 0.647.